The molecule has 23 nitrogen and oxygen atoms in total. The van der Waals surface area contributed by atoms with E-state index < -0.39 is 48.2 Å². The number of hydrogen-bond donors (Lipinski definition) is 6. The summed E-state index contributed by atoms with van der Waals surface area (Å²) in [6.07, 6.45) is 0.409. The summed E-state index contributed by atoms with van der Waals surface area (Å²) < 4.78 is 66.3. The first-order chi connectivity index (χ1) is 45.7. The van der Waals surface area contributed by atoms with E-state index in [-0.39, 0.29) is 65.3 Å². The molecule has 2 atom stereocenters. The summed E-state index contributed by atoms with van der Waals surface area (Å²) in [6.45, 7) is 8.92. The van der Waals surface area contributed by atoms with E-state index in [1.165, 1.54) is 0 Å². The van der Waals surface area contributed by atoms with Gasteiger partial charge in [0, 0.05) is 38.8 Å². The highest BCUT2D eigenvalue weighted by molar-refractivity contribution is 6.24. The van der Waals surface area contributed by atoms with Gasteiger partial charge in [0.2, 0.25) is 29.5 Å². The molecule has 5 amide bonds. The molecule has 8 rings (SSSR count). The number of carbonyl (C=O) groups is 5. The number of carbonyl (C=O) groups excluding carboxylic acids is 5. The van der Waals surface area contributed by atoms with Crippen LogP contribution in [0.25, 0.3) is 64.6 Å². The maximum absolute atomic E-state index is 14.4. The fraction of sp³-hybridized carbons (Fsp3) is 0.471. The molecule has 0 fully saturated rings. The molecule has 0 radical (unpaired) electrons. The van der Waals surface area contributed by atoms with Gasteiger partial charge in [-0.05, 0) is 75.8 Å². The highest BCUT2D eigenvalue weighted by atomic mass is 16.6. The van der Waals surface area contributed by atoms with E-state index in [0.717, 1.165) is 75.8 Å². The van der Waals surface area contributed by atoms with E-state index in [1.807, 2.05) is 42.5 Å². The average Bonchev–Trinajstić information content (AvgIpc) is 0.754. The minimum atomic E-state index is -1.09. The molecule has 0 aliphatic heterocycles. The zero-order chi connectivity index (χ0) is 65.1. The van der Waals surface area contributed by atoms with Gasteiger partial charge < -0.3 is 89.6 Å². The fourth-order valence-electron chi connectivity index (χ4n) is 10.8. The summed E-state index contributed by atoms with van der Waals surface area (Å²) in [5.41, 5.74) is 12.2. The number of primary amides is 1. The lowest BCUT2D eigenvalue weighted by Gasteiger charge is -2.22. The molecule has 8 N–H and O–H groups in total. The SMILES string of the molecule is NCCOCCOCCOCCOCCOCCOCCC(=O)N[C@H](Cc1ccc2ccc3cccc4ccc1c2c34)C(=O)NCC(=O)N[C@H](Cc1ccc2ccc3cccc4ccc1c2c34)C(=O)NCCOCCOCCOCCOCCOCCOCCC(N)=O. The number of hydrogen-bond acceptors (Lipinski definition) is 18. The molecule has 0 unspecified atom stereocenters. The van der Waals surface area contributed by atoms with Crippen LogP contribution in [0.4, 0.5) is 0 Å². The normalized spacial score (nSPS) is 12.4. The number of benzene rings is 8. The maximum atomic E-state index is 14.4. The van der Waals surface area contributed by atoms with Crippen molar-refractivity contribution in [3.8, 4) is 0 Å². The van der Waals surface area contributed by atoms with Gasteiger partial charge in [-0.2, -0.15) is 0 Å². The van der Waals surface area contributed by atoms with Crippen LogP contribution in [-0.4, -0.2) is 220 Å². The van der Waals surface area contributed by atoms with Crippen LogP contribution in [0.2, 0.25) is 0 Å². The molecule has 93 heavy (non-hydrogen) atoms. The van der Waals surface area contributed by atoms with Crippen molar-refractivity contribution in [1.29, 1.82) is 0 Å². The van der Waals surface area contributed by atoms with Crippen molar-refractivity contribution in [3.05, 3.63) is 120 Å². The van der Waals surface area contributed by atoms with E-state index in [2.05, 4.69) is 88.0 Å². The Hall–Kier alpha value is -7.33. The third-order valence-electron chi connectivity index (χ3n) is 15.3. The molecule has 0 aliphatic carbocycles. The molecular weight excluding hydrogens is 1200 g/mol. The first-order valence-electron chi connectivity index (χ1n) is 32.0. The maximum Gasteiger partial charge on any atom is 0.243 e. The number of nitrogens with one attached hydrogen (secondary N) is 4. The molecule has 0 spiro atoms. The lowest BCUT2D eigenvalue weighted by molar-refractivity contribution is -0.131. The minimum Gasteiger partial charge on any atom is -0.379 e. The molecule has 0 heterocycles. The number of rotatable bonds is 51. The molecule has 0 saturated carbocycles. The topological polar surface area (TPSA) is 296 Å². The summed E-state index contributed by atoms with van der Waals surface area (Å²) in [6, 6.07) is 34.9. The molecule has 0 aromatic heterocycles. The van der Waals surface area contributed by atoms with Crippen LogP contribution in [-0.2, 0) is 93.7 Å². The Morgan fingerprint density at radius 3 is 1.03 bits per heavy atom. The fourth-order valence-corrected chi connectivity index (χ4v) is 10.8. The summed E-state index contributed by atoms with van der Waals surface area (Å²) in [4.78, 5) is 67.2. The average molecular weight is 1290 g/mol. The van der Waals surface area contributed by atoms with E-state index in [9.17, 15) is 24.0 Å². The lowest BCUT2D eigenvalue weighted by Crippen LogP contribution is -2.53. The van der Waals surface area contributed by atoms with E-state index in [0.29, 0.717) is 132 Å². The van der Waals surface area contributed by atoms with Gasteiger partial charge in [-0.1, -0.05) is 109 Å². The predicted octanol–water partition coefficient (Wildman–Crippen LogP) is 4.89. The zero-order valence-corrected chi connectivity index (χ0v) is 53.1. The van der Waals surface area contributed by atoms with Crippen molar-refractivity contribution in [3.63, 3.8) is 0 Å². The molecule has 0 aliphatic rings. The summed E-state index contributed by atoms with van der Waals surface area (Å²) in [5, 5.41) is 24.3. The Morgan fingerprint density at radius 1 is 0.333 bits per heavy atom. The zero-order valence-electron chi connectivity index (χ0n) is 53.1. The third kappa shape index (κ3) is 23.6. The van der Waals surface area contributed by atoms with Gasteiger partial charge in [-0.15, -0.1) is 0 Å². The van der Waals surface area contributed by atoms with Crippen LogP contribution in [0, 0.1) is 0 Å². The predicted molar refractivity (Wildman–Crippen MR) is 355 cm³/mol. The van der Waals surface area contributed by atoms with Gasteiger partial charge in [0.25, 0.3) is 0 Å². The second-order valence-electron chi connectivity index (χ2n) is 21.9. The van der Waals surface area contributed by atoms with Gasteiger partial charge in [0.1, 0.15) is 12.1 Å². The molecule has 0 bridgehead atoms. The van der Waals surface area contributed by atoms with Crippen molar-refractivity contribution in [2.45, 2.75) is 37.8 Å². The van der Waals surface area contributed by atoms with Crippen LogP contribution in [0.1, 0.15) is 24.0 Å². The third-order valence-corrected chi connectivity index (χ3v) is 15.3. The van der Waals surface area contributed by atoms with E-state index in [4.69, 9.17) is 68.3 Å². The molecule has 23 heteroatoms. The lowest BCUT2D eigenvalue weighted by atomic mass is 9.90. The van der Waals surface area contributed by atoms with Gasteiger partial charge in [0.15, 0.2) is 0 Å². The van der Waals surface area contributed by atoms with Gasteiger partial charge in [-0.25, -0.2) is 0 Å². The molecular formula is C70H90N6O17. The molecule has 0 saturated heterocycles. The summed E-state index contributed by atoms with van der Waals surface area (Å²) >= 11 is 0. The number of nitrogens with two attached hydrogens (primary N) is 2. The Balaban J connectivity index is 0.810. The van der Waals surface area contributed by atoms with Crippen LogP contribution >= 0.6 is 0 Å². The summed E-state index contributed by atoms with van der Waals surface area (Å²) in [7, 11) is 0. The minimum absolute atomic E-state index is 0.0363. The Labute approximate surface area is 541 Å². The molecule has 8 aromatic carbocycles. The van der Waals surface area contributed by atoms with Gasteiger partial charge in [-0.3, -0.25) is 24.0 Å². The van der Waals surface area contributed by atoms with Crippen molar-refractivity contribution in [2.24, 2.45) is 11.5 Å². The van der Waals surface area contributed by atoms with Crippen LogP contribution in [0.15, 0.2) is 109 Å². The number of ether oxygens (including phenoxy) is 12. The van der Waals surface area contributed by atoms with Crippen LogP contribution in [0.3, 0.4) is 0 Å². The van der Waals surface area contributed by atoms with Crippen LogP contribution < -0.4 is 32.7 Å². The van der Waals surface area contributed by atoms with Crippen molar-refractivity contribution >= 4 is 94.2 Å². The summed E-state index contributed by atoms with van der Waals surface area (Å²) in [5.74, 6) is -2.43. The quantitative estimate of drug-likeness (QED) is 0.0218. The standard InChI is InChI=1S/C70H90N6O17/c71-21-25-84-29-33-88-37-41-92-45-43-91-40-36-87-32-28-83-24-20-63(78)75-61(48-57-14-12-55-10-8-51-4-2-6-53-16-18-59(57)68(55)66(51)53)70(81)74-49-64(79)76-60(47-56-13-11-54-9-7-50-3-1-5-52-15-17-58(56)67(54)65(50)52)69(80)73-22-26-85-30-34-89-38-42-93-46-44-90-39-35-86-31-27-82-23-19-62(72)77/h1-18,60-61H,19-49,71H2,(H2,72,77)(H,73,80)(H,74,81)(H,75,78)(H,76,79)/t60-,61-/m1/s1. The van der Waals surface area contributed by atoms with Crippen LogP contribution in [0.5, 0.6) is 0 Å². The second kappa shape index (κ2) is 40.7. The Morgan fingerprint density at radius 2 is 0.645 bits per heavy atom. The Bertz CT molecular complexity index is 3510. The van der Waals surface area contributed by atoms with E-state index in [1.54, 1.807) is 0 Å². The second-order valence-corrected chi connectivity index (χ2v) is 21.9. The van der Waals surface area contributed by atoms with Crippen molar-refractivity contribution in [2.75, 3.05) is 178 Å². The van der Waals surface area contributed by atoms with Crippen molar-refractivity contribution < 1.29 is 80.8 Å². The molecule has 502 valence electrons. The monoisotopic (exact) mass is 1290 g/mol. The first-order valence-corrected chi connectivity index (χ1v) is 32.0. The highest BCUT2D eigenvalue weighted by Crippen LogP contribution is 2.38. The molecule has 8 aromatic rings. The van der Waals surface area contributed by atoms with E-state index >= 15 is 0 Å². The highest BCUT2D eigenvalue weighted by Gasteiger charge is 2.27. The van der Waals surface area contributed by atoms with Gasteiger partial charge >= 0.3 is 0 Å². The van der Waals surface area contributed by atoms with Crippen molar-refractivity contribution in [1.82, 2.24) is 21.3 Å². The smallest absolute Gasteiger partial charge is 0.243 e. The number of amides is 5. The first kappa shape index (κ1) is 71.5. The Kier molecular flexibility index (Phi) is 31.3. The van der Waals surface area contributed by atoms with Gasteiger partial charge in [0.05, 0.1) is 165 Å². The largest absolute Gasteiger partial charge is 0.379 e.